The summed E-state index contributed by atoms with van der Waals surface area (Å²) < 4.78 is 0. The molecule has 0 bridgehead atoms. The second-order valence-corrected chi connectivity index (χ2v) is 6.94. The normalized spacial score (nSPS) is 20.6. The Morgan fingerprint density at radius 3 is 2.37 bits per heavy atom. The van der Waals surface area contributed by atoms with Crippen LogP contribution in [0.25, 0.3) is 0 Å². The number of benzene rings is 2. The second-order valence-electron chi connectivity index (χ2n) is 6.94. The van der Waals surface area contributed by atoms with Crippen molar-refractivity contribution in [3.05, 3.63) is 84.1 Å². The number of imide groups is 2. The number of hydrogen-bond acceptors (Lipinski definition) is 5. The molecule has 150 valence electrons. The molecule has 2 saturated heterocycles. The summed E-state index contributed by atoms with van der Waals surface area (Å²) in [4.78, 5) is 51.5. The van der Waals surface area contributed by atoms with Gasteiger partial charge in [0, 0.05) is 5.70 Å². The van der Waals surface area contributed by atoms with Crippen LogP contribution < -0.4 is 20.7 Å². The fraction of sp³-hybridized carbons (Fsp3) is 0.0909. The number of nitrogens with zero attached hydrogens (tertiary/aromatic N) is 2. The van der Waals surface area contributed by atoms with Crippen molar-refractivity contribution in [3.8, 4) is 0 Å². The minimum Gasteiger partial charge on any atom is -0.295 e. The highest BCUT2D eigenvalue weighted by Crippen LogP contribution is 2.28. The summed E-state index contributed by atoms with van der Waals surface area (Å²) in [5.41, 5.74) is 4.66. The molecule has 2 aliphatic heterocycles. The first kappa shape index (κ1) is 19.1. The van der Waals surface area contributed by atoms with Crippen LogP contribution in [0.5, 0.6) is 0 Å². The predicted octanol–water partition coefficient (Wildman–Crippen LogP) is 2.19. The quantitative estimate of drug-likeness (QED) is 0.606. The highest BCUT2D eigenvalue weighted by molar-refractivity contribution is 6.37. The molecule has 0 unspecified atom stereocenters. The van der Waals surface area contributed by atoms with E-state index in [9.17, 15) is 19.2 Å². The lowest BCUT2D eigenvalue weighted by Gasteiger charge is -2.26. The predicted molar refractivity (Wildman–Crippen MR) is 110 cm³/mol. The number of amides is 5. The first-order valence-corrected chi connectivity index (χ1v) is 9.19. The van der Waals surface area contributed by atoms with E-state index in [0.717, 1.165) is 10.5 Å². The summed E-state index contributed by atoms with van der Waals surface area (Å²) >= 11 is 0. The minimum atomic E-state index is -0.942. The fourth-order valence-corrected chi connectivity index (χ4v) is 3.34. The fourth-order valence-electron chi connectivity index (χ4n) is 3.34. The minimum absolute atomic E-state index is 0.299. The Bertz CT molecular complexity index is 1120. The number of carbonyl (C=O) groups excluding carboxylic acids is 4. The van der Waals surface area contributed by atoms with Crippen LogP contribution in [0.4, 0.5) is 16.2 Å². The van der Waals surface area contributed by atoms with E-state index in [1.807, 2.05) is 19.1 Å². The molecule has 2 fully saturated rings. The lowest BCUT2D eigenvalue weighted by atomic mass is 10.0. The van der Waals surface area contributed by atoms with Crippen LogP contribution in [0.1, 0.15) is 5.56 Å². The number of hydrazine groups is 1. The topological polar surface area (TPSA) is 98.8 Å². The van der Waals surface area contributed by atoms with Crippen LogP contribution in [0.2, 0.25) is 0 Å². The van der Waals surface area contributed by atoms with Crippen LogP contribution in [-0.2, 0) is 14.4 Å². The van der Waals surface area contributed by atoms with Crippen molar-refractivity contribution in [2.45, 2.75) is 6.92 Å². The maximum atomic E-state index is 13.0. The number of rotatable bonds is 3. The average Bonchev–Trinajstić information content (AvgIpc) is 2.99. The smallest absolute Gasteiger partial charge is 0.295 e. The number of hydrogen-bond donors (Lipinski definition) is 2. The Morgan fingerprint density at radius 1 is 0.967 bits per heavy atom. The zero-order valence-corrected chi connectivity index (χ0v) is 16.1. The first-order chi connectivity index (χ1) is 14.4. The van der Waals surface area contributed by atoms with Gasteiger partial charge in [0.15, 0.2) is 0 Å². The molecule has 5 amide bonds. The molecular weight excluding hydrogens is 384 g/mol. The molecule has 0 radical (unpaired) electrons. The Morgan fingerprint density at radius 2 is 1.67 bits per heavy atom. The molecule has 4 rings (SSSR count). The van der Waals surface area contributed by atoms with E-state index >= 15 is 0 Å². The molecule has 2 heterocycles. The van der Waals surface area contributed by atoms with Crippen molar-refractivity contribution < 1.29 is 19.2 Å². The summed E-state index contributed by atoms with van der Waals surface area (Å²) in [5.74, 6) is -2.98. The van der Waals surface area contributed by atoms with Gasteiger partial charge in [0.1, 0.15) is 11.5 Å². The van der Waals surface area contributed by atoms with Gasteiger partial charge in [-0.3, -0.25) is 25.1 Å². The largest absolute Gasteiger partial charge is 0.335 e. The summed E-state index contributed by atoms with van der Waals surface area (Å²) in [5, 5.41) is 3.46. The van der Waals surface area contributed by atoms with Gasteiger partial charge in [0.2, 0.25) is 0 Å². The molecule has 8 heteroatoms. The zero-order valence-electron chi connectivity index (χ0n) is 16.1. The van der Waals surface area contributed by atoms with Crippen LogP contribution in [0, 0.1) is 12.8 Å². The van der Waals surface area contributed by atoms with Gasteiger partial charge >= 0.3 is 6.03 Å². The van der Waals surface area contributed by atoms with Crippen LogP contribution in [0.3, 0.4) is 0 Å². The molecule has 0 spiro atoms. The van der Waals surface area contributed by atoms with Gasteiger partial charge in [-0.1, -0.05) is 36.9 Å². The Labute approximate surface area is 172 Å². The second kappa shape index (κ2) is 7.32. The summed E-state index contributed by atoms with van der Waals surface area (Å²) in [6, 6.07) is 14.8. The molecule has 1 atom stereocenters. The molecule has 2 aliphatic rings. The van der Waals surface area contributed by atoms with Gasteiger partial charge in [-0.2, -0.15) is 0 Å². The number of aryl methyl sites for hydroxylation is 1. The number of carbonyl (C=O) groups is 4. The zero-order chi connectivity index (χ0) is 21.4. The monoisotopic (exact) mass is 402 g/mol. The highest BCUT2D eigenvalue weighted by Gasteiger charge is 2.41. The van der Waals surface area contributed by atoms with Gasteiger partial charge in [0.25, 0.3) is 17.7 Å². The van der Waals surface area contributed by atoms with Gasteiger partial charge < -0.3 is 0 Å². The highest BCUT2D eigenvalue weighted by atomic mass is 16.2. The maximum absolute atomic E-state index is 13.0. The molecule has 0 aromatic heterocycles. The summed E-state index contributed by atoms with van der Waals surface area (Å²) in [6.45, 7) is 5.66. The van der Waals surface area contributed by atoms with Crippen molar-refractivity contribution in [2.24, 2.45) is 5.92 Å². The number of barbiturate groups is 1. The third-order valence-electron chi connectivity index (χ3n) is 4.83. The SMILES string of the molecule is C=C1NN(c2ccccc2)C(=O)[C@H]1/C=C1\C(=O)NC(=O)N(c2cccc(C)c2)C1=O. The lowest BCUT2D eigenvalue weighted by molar-refractivity contribution is -0.122. The van der Waals surface area contributed by atoms with Gasteiger partial charge in [-0.25, -0.2) is 14.7 Å². The molecule has 0 aliphatic carbocycles. The van der Waals surface area contributed by atoms with Gasteiger partial charge in [-0.05, 0) is 42.8 Å². The Hall–Kier alpha value is -4.20. The average molecular weight is 402 g/mol. The van der Waals surface area contributed by atoms with E-state index < -0.39 is 29.7 Å². The molecule has 2 N–H and O–H groups in total. The molecule has 8 nitrogen and oxygen atoms in total. The molecule has 30 heavy (non-hydrogen) atoms. The van der Waals surface area contributed by atoms with Crippen LogP contribution in [-0.4, -0.2) is 23.8 Å². The van der Waals surface area contributed by atoms with E-state index in [4.69, 9.17) is 0 Å². The van der Waals surface area contributed by atoms with Gasteiger partial charge in [0.05, 0.1) is 11.4 Å². The van der Waals surface area contributed by atoms with E-state index in [-0.39, 0.29) is 5.57 Å². The number of urea groups is 1. The van der Waals surface area contributed by atoms with Crippen molar-refractivity contribution in [2.75, 3.05) is 9.91 Å². The van der Waals surface area contributed by atoms with Crippen LogP contribution in [0.15, 0.2) is 78.5 Å². The van der Waals surface area contributed by atoms with Crippen molar-refractivity contribution >= 4 is 35.1 Å². The number of para-hydroxylation sites is 1. The summed E-state index contributed by atoms with van der Waals surface area (Å²) in [7, 11) is 0. The van der Waals surface area contributed by atoms with Crippen LogP contribution >= 0.6 is 0 Å². The molecule has 2 aromatic carbocycles. The number of nitrogens with one attached hydrogen (secondary N) is 2. The third-order valence-corrected chi connectivity index (χ3v) is 4.83. The third kappa shape index (κ3) is 3.24. The van der Waals surface area contributed by atoms with E-state index in [2.05, 4.69) is 17.3 Å². The van der Waals surface area contributed by atoms with Crippen molar-refractivity contribution in [1.29, 1.82) is 0 Å². The standard InChI is InChI=1S/C22H18N4O4/c1-13-7-6-10-16(11-13)25-20(28)18(19(27)23-22(25)30)12-17-14(2)24-26(21(17)29)15-8-4-3-5-9-15/h3-12,17,24H,2H2,1H3,(H,23,27,30)/b18-12+/t17-/m0/s1. The van der Waals surface area contributed by atoms with Gasteiger partial charge in [-0.15, -0.1) is 0 Å². The molecule has 2 aromatic rings. The first-order valence-electron chi connectivity index (χ1n) is 9.19. The van der Waals surface area contributed by atoms with E-state index in [0.29, 0.717) is 17.1 Å². The number of anilines is 2. The molecule has 0 saturated carbocycles. The Kier molecular flexibility index (Phi) is 4.67. The summed E-state index contributed by atoms with van der Waals surface area (Å²) in [6.07, 6.45) is 1.24. The van der Waals surface area contributed by atoms with Crippen molar-refractivity contribution in [3.63, 3.8) is 0 Å². The van der Waals surface area contributed by atoms with E-state index in [1.54, 1.807) is 42.5 Å². The molecular formula is C22H18N4O4. The maximum Gasteiger partial charge on any atom is 0.335 e. The Balaban J connectivity index is 1.67. The van der Waals surface area contributed by atoms with E-state index in [1.165, 1.54) is 11.1 Å². The van der Waals surface area contributed by atoms with Crippen molar-refractivity contribution in [1.82, 2.24) is 10.7 Å². The lowest BCUT2D eigenvalue weighted by Crippen LogP contribution is -2.54.